The van der Waals surface area contributed by atoms with Gasteiger partial charge >= 0.3 is 0 Å². The van der Waals surface area contributed by atoms with Gasteiger partial charge in [0.05, 0.1) is 6.61 Å². The van der Waals surface area contributed by atoms with Crippen LogP contribution in [0.15, 0.2) is 9.31 Å². The second-order valence-electron chi connectivity index (χ2n) is 5.32. The second-order valence-corrected chi connectivity index (χ2v) is 7.22. The summed E-state index contributed by atoms with van der Waals surface area (Å²) in [6.45, 7) is 8.58. The van der Waals surface area contributed by atoms with E-state index in [2.05, 4.69) is 0 Å². The highest BCUT2D eigenvalue weighted by Gasteiger charge is 2.37. The maximum atomic E-state index is 12.7. The van der Waals surface area contributed by atoms with Gasteiger partial charge in [-0.05, 0) is 34.1 Å². The molecule has 0 atom stereocenters. The summed E-state index contributed by atoms with van der Waals surface area (Å²) in [4.78, 5) is 0.0940. The lowest BCUT2D eigenvalue weighted by Crippen LogP contribution is -2.44. The molecule has 19 heavy (non-hydrogen) atoms. The molecule has 1 aromatic rings. The number of rotatable bonds is 5. The molecule has 0 amide bonds. The van der Waals surface area contributed by atoms with Crippen molar-refractivity contribution in [3.05, 3.63) is 17.1 Å². The van der Waals surface area contributed by atoms with E-state index in [4.69, 9.17) is 4.42 Å². The SMILES string of the molecule is CCC(C)(C)N(C)S(=O)(=O)c1c(C)oc(C)c1CO. The van der Waals surface area contributed by atoms with Crippen molar-refractivity contribution in [2.24, 2.45) is 0 Å². The number of aryl methyl sites for hydroxylation is 2. The zero-order chi connectivity index (χ0) is 15.0. The Labute approximate surface area is 115 Å². The Kier molecular flexibility index (Phi) is 4.49. The first-order valence-corrected chi connectivity index (χ1v) is 7.72. The zero-order valence-corrected chi connectivity index (χ0v) is 13.3. The molecular weight excluding hydrogens is 266 g/mol. The Balaban J connectivity index is 3.45. The third-order valence-corrected chi connectivity index (χ3v) is 6.08. The molecule has 1 rings (SSSR count). The summed E-state index contributed by atoms with van der Waals surface area (Å²) < 4.78 is 32.1. The van der Waals surface area contributed by atoms with Crippen LogP contribution in [0.1, 0.15) is 44.3 Å². The summed E-state index contributed by atoms with van der Waals surface area (Å²) in [5, 5.41) is 9.37. The van der Waals surface area contributed by atoms with Crippen LogP contribution in [0.25, 0.3) is 0 Å². The summed E-state index contributed by atoms with van der Waals surface area (Å²) >= 11 is 0. The van der Waals surface area contributed by atoms with Crippen LogP contribution in [0.2, 0.25) is 0 Å². The van der Waals surface area contributed by atoms with Gasteiger partial charge in [-0.3, -0.25) is 0 Å². The van der Waals surface area contributed by atoms with E-state index in [0.29, 0.717) is 23.5 Å². The topological polar surface area (TPSA) is 70.8 Å². The third kappa shape index (κ3) is 2.70. The monoisotopic (exact) mass is 289 g/mol. The molecule has 0 bridgehead atoms. The first-order valence-electron chi connectivity index (χ1n) is 6.28. The fourth-order valence-corrected chi connectivity index (χ4v) is 3.89. The molecule has 0 aromatic carbocycles. The summed E-state index contributed by atoms with van der Waals surface area (Å²) in [6, 6.07) is 0. The molecule has 0 fully saturated rings. The van der Waals surface area contributed by atoms with Gasteiger partial charge in [-0.1, -0.05) is 6.92 Å². The first-order chi connectivity index (χ1) is 8.59. The highest BCUT2D eigenvalue weighted by Crippen LogP contribution is 2.32. The molecular formula is C13H23NO4S. The Morgan fingerprint density at radius 3 is 2.21 bits per heavy atom. The third-order valence-electron chi connectivity index (χ3n) is 3.82. The molecule has 110 valence electrons. The zero-order valence-electron chi connectivity index (χ0n) is 12.4. The molecule has 1 heterocycles. The maximum Gasteiger partial charge on any atom is 0.247 e. The van der Waals surface area contributed by atoms with Crippen LogP contribution in [-0.4, -0.2) is 30.4 Å². The lowest BCUT2D eigenvalue weighted by atomic mass is 10.0. The summed E-state index contributed by atoms with van der Waals surface area (Å²) in [5.41, 5.74) is -0.153. The molecule has 1 aromatic heterocycles. The number of aliphatic hydroxyl groups excluding tert-OH is 1. The molecule has 0 aliphatic rings. The van der Waals surface area contributed by atoms with E-state index in [1.165, 1.54) is 4.31 Å². The van der Waals surface area contributed by atoms with E-state index in [1.54, 1.807) is 20.9 Å². The van der Waals surface area contributed by atoms with Gasteiger partial charge in [-0.15, -0.1) is 0 Å². The molecule has 6 heteroatoms. The molecule has 0 radical (unpaired) electrons. The molecule has 0 spiro atoms. The largest absolute Gasteiger partial charge is 0.465 e. The molecule has 0 saturated carbocycles. The summed E-state index contributed by atoms with van der Waals surface area (Å²) in [7, 11) is -2.12. The van der Waals surface area contributed by atoms with Crippen LogP contribution in [0, 0.1) is 13.8 Å². The molecule has 5 nitrogen and oxygen atoms in total. The van der Waals surface area contributed by atoms with E-state index in [1.807, 2.05) is 20.8 Å². The van der Waals surface area contributed by atoms with E-state index in [-0.39, 0.29) is 11.5 Å². The van der Waals surface area contributed by atoms with Crippen LogP contribution < -0.4 is 0 Å². The number of sulfonamides is 1. The normalized spacial score (nSPS) is 13.3. The average molecular weight is 289 g/mol. The number of hydrogen-bond donors (Lipinski definition) is 1. The highest BCUT2D eigenvalue weighted by molar-refractivity contribution is 7.89. The summed E-state index contributed by atoms with van der Waals surface area (Å²) in [6.07, 6.45) is 0.688. The van der Waals surface area contributed by atoms with Crippen LogP contribution in [-0.2, 0) is 16.6 Å². The molecule has 0 saturated heterocycles. The van der Waals surface area contributed by atoms with Crippen LogP contribution >= 0.6 is 0 Å². The standard InChI is InChI=1S/C13H23NO4S/c1-7-13(4,5)14(6)19(16,17)12-10(3)18-9(2)11(12)8-15/h15H,7-8H2,1-6H3. The maximum absolute atomic E-state index is 12.7. The first kappa shape index (κ1) is 16.2. The van der Waals surface area contributed by atoms with Gasteiger partial charge in [0, 0.05) is 18.2 Å². The fraction of sp³-hybridized carbons (Fsp3) is 0.692. The van der Waals surface area contributed by atoms with Crippen LogP contribution in [0.3, 0.4) is 0 Å². The van der Waals surface area contributed by atoms with Crippen LogP contribution in [0.4, 0.5) is 0 Å². The predicted octanol–water partition coefficient (Wildman–Crippen LogP) is 2.20. The second kappa shape index (κ2) is 5.26. The quantitative estimate of drug-likeness (QED) is 0.902. The Bertz CT molecular complexity index is 557. The van der Waals surface area contributed by atoms with Gasteiger partial charge in [0.15, 0.2) is 0 Å². The average Bonchev–Trinajstić information content (AvgIpc) is 2.62. The minimum atomic E-state index is -3.68. The fourth-order valence-electron chi connectivity index (χ4n) is 1.92. The Hall–Kier alpha value is -0.850. The van der Waals surface area contributed by atoms with Crippen molar-refractivity contribution < 1.29 is 17.9 Å². The van der Waals surface area contributed by atoms with Gasteiger partial charge in [-0.2, -0.15) is 4.31 Å². The van der Waals surface area contributed by atoms with Crippen molar-refractivity contribution in [2.45, 2.75) is 58.1 Å². The van der Waals surface area contributed by atoms with Crippen molar-refractivity contribution in [1.82, 2.24) is 4.31 Å². The number of aliphatic hydroxyl groups is 1. The van der Waals surface area contributed by atoms with E-state index in [0.717, 1.165) is 0 Å². The van der Waals surface area contributed by atoms with E-state index >= 15 is 0 Å². The number of nitrogens with zero attached hydrogens (tertiary/aromatic N) is 1. The van der Waals surface area contributed by atoms with Gasteiger partial charge in [-0.25, -0.2) is 8.42 Å². The predicted molar refractivity (Wildman–Crippen MR) is 73.4 cm³/mol. The lowest BCUT2D eigenvalue weighted by Gasteiger charge is -2.33. The molecule has 0 unspecified atom stereocenters. The van der Waals surface area contributed by atoms with Gasteiger partial charge in [0.25, 0.3) is 0 Å². The van der Waals surface area contributed by atoms with Gasteiger partial charge < -0.3 is 9.52 Å². The Morgan fingerprint density at radius 1 is 1.26 bits per heavy atom. The van der Waals surface area contributed by atoms with Gasteiger partial charge in [0.2, 0.25) is 10.0 Å². The molecule has 0 aliphatic carbocycles. The minimum Gasteiger partial charge on any atom is -0.465 e. The van der Waals surface area contributed by atoms with Crippen molar-refractivity contribution in [1.29, 1.82) is 0 Å². The van der Waals surface area contributed by atoms with Crippen molar-refractivity contribution in [3.8, 4) is 0 Å². The smallest absolute Gasteiger partial charge is 0.247 e. The molecule has 0 aliphatic heterocycles. The van der Waals surface area contributed by atoms with E-state index in [9.17, 15) is 13.5 Å². The van der Waals surface area contributed by atoms with Crippen molar-refractivity contribution in [2.75, 3.05) is 7.05 Å². The van der Waals surface area contributed by atoms with E-state index < -0.39 is 15.6 Å². The van der Waals surface area contributed by atoms with Crippen LogP contribution in [0.5, 0.6) is 0 Å². The molecule has 1 N–H and O–H groups in total. The summed E-state index contributed by atoms with van der Waals surface area (Å²) in [5.74, 6) is 0.765. The lowest BCUT2D eigenvalue weighted by molar-refractivity contribution is 0.254. The minimum absolute atomic E-state index is 0.0940. The van der Waals surface area contributed by atoms with Gasteiger partial charge in [0.1, 0.15) is 16.4 Å². The number of hydrogen-bond acceptors (Lipinski definition) is 4. The van der Waals surface area contributed by atoms with Crippen molar-refractivity contribution in [3.63, 3.8) is 0 Å². The highest BCUT2D eigenvalue weighted by atomic mass is 32.2. The van der Waals surface area contributed by atoms with Crippen molar-refractivity contribution >= 4 is 10.0 Å². The number of furan rings is 1. The Morgan fingerprint density at radius 2 is 1.79 bits per heavy atom.